The number of nitrogens with one attached hydrogen (secondary N) is 1. The van der Waals surface area contributed by atoms with Crippen LogP contribution in [0.4, 0.5) is 0 Å². The van der Waals surface area contributed by atoms with Crippen molar-refractivity contribution in [2.75, 3.05) is 6.54 Å². The van der Waals surface area contributed by atoms with E-state index in [1.54, 1.807) is 11.3 Å². The number of hydrogen-bond donors (Lipinski definition) is 1. The fourth-order valence-electron chi connectivity index (χ4n) is 3.21. The number of aromatic nitrogens is 1. The summed E-state index contributed by atoms with van der Waals surface area (Å²) >= 11 is 8.16. The number of rotatable bonds is 5. The molecule has 0 amide bonds. The van der Waals surface area contributed by atoms with Crippen LogP contribution in [0.15, 0.2) is 29.8 Å². The number of halogens is 1. The molecule has 0 bridgehead atoms. The van der Waals surface area contributed by atoms with Gasteiger partial charge in [0.25, 0.3) is 0 Å². The van der Waals surface area contributed by atoms with E-state index in [0.29, 0.717) is 5.92 Å². The summed E-state index contributed by atoms with van der Waals surface area (Å²) in [7, 11) is 0. The molecule has 112 valence electrons. The second-order valence-corrected chi connectivity index (χ2v) is 6.97. The lowest BCUT2D eigenvalue weighted by Gasteiger charge is -2.32. The second kappa shape index (κ2) is 6.91. The third-order valence-corrected chi connectivity index (χ3v) is 5.62. The predicted octanol–water partition coefficient (Wildman–Crippen LogP) is 4.96. The minimum Gasteiger partial charge on any atom is -0.309 e. The van der Waals surface area contributed by atoms with Crippen molar-refractivity contribution in [1.29, 1.82) is 0 Å². The SMILES string of the molecule is CCCNC(c1sccc1Cl)C1CCCc2cccnc21. The van der Waals surface area contributed by atoms with Crippen molar-refractivity contribution in [3.05, 3.63) is 50.9 Å². The van der Waals surface area contributed by atoms with Gasteiger partial charge in [-0.15, -0.1) is 11.3 Å². The van der Waals surface area contributed by atoms with Gasteiger partial charge in [0.2, 0.25) is 0 Å². The van der Waals surface area contributed by atoms with Crippen LogP contribution in [0, 0.1) is 0 Å². The minimum absolute atomic E-state index is 0.284. The lowest BCUT2D eigenvalue weighted by Crippen LogP contribution is -2.30. The molecule has 1 N–H and O–H groups in total. The van der Waals surface area contributed by atoms with Gasteiger partial charge in [-0.25, -0.2) is 0 Å². The first kappa shape index (κ1) is 15.0. The van der Waals surface area contributed by atoms with Crippen LogP contribution in [-0.2, 0) is 6.42 Å². The van der Waals surface area contributed by atoms with E-state index in [1.165, 1.54) is 29.0 Å². The normalized spacial score (nSPS) is 19.2. The molecule has 0 spiro atoms. The molecule has 0 radical (unpaired) electrons. The summed E-state index contributed by atoms with van der Waals surface area (Å²) in [4.78, 5) is 5.95. The Kier molecular flexibility index (Phi) is 4.94. The van der Waals surface area contributed by atoms with Gasteiger partial charge in [-0.05, 0) is 55.3 Å². The molecular weight excluding hydrogens is 300 g/mol. The van der Waals surface area contributed by atoms with Gasteiger partial charge in [-0.1, -0.05) is 24.6 Å². The van der Waals surface area contributed by atoms with Gasteiger partial charge in [0.05, 0.1) is 11.1 Å². The molecule has 1 aliphatic carbocycles. The van der Waals surface area contributed by atoms with E-state index < -0.39 is 0 Å². The van der Waals surface area contributed by atoms with Crippen LogP contribution in [0.3, 0.4) is 0 Å². The maximum Gasteiger partial charge on any atom is 0.0561 e. The Morgan fingerprint density at radius 3 is 3.14 bits per heavy atom. The molecule has 0 aromatic carbocycles. The monoisotopic (exact) mass is 320 g/mol. The van der Waals surface area contributed by atoms with Crippen molar-refractivity contribution in [3.63, 3.8) is 0 Å². The average Bonchev–Trinajstić information content (AvgIpc) is 2.94. The Morgan fingerprint density at radius 1 is 1.48 bits per heavy atom. The average molecular weight is 321 g/mol. The Labute approximate surface area is 135 Å². The number of nitrogens with zero attached hydrogens (tertiary/aromatic N) is 1. The summed E-state index contributed by atoms with van der Waals surface area (Å²) < 4.78 is 0. The smallest absolute Gasteiger partial charge is 0.0561 e. The zero-order valence-corrected chi connectivity index (χ0v) is 13.9. The van der Waals surface area contributed by atoms with E-state index >= 15 is 0 Å². The van der Waals surface area contributed by atoms with Gasteiger partial charge in [0.1, 0.15) is 0 Å². The fourth-order valence-corrected chi connectivity index (χ4v) is 4.53. The van der Waals surface area contributed by atoms with E-state index in [0.717, 1.165) is 24.4 Å². The summed E-state index contributed by atoms with van der Waals surface area (Å²) in [5.74, 6) is 0.428. The Balaban J connectivity index is 1.96. The largest absolute Gasteiger partial charge is 0.309 e. The molecule has 2 unspecified atom stereocenters. The maximum atomic E-state index is 6.41. The van der Waals surface area contributed by atoms with Crippen LogP contribution in [0.5, 0.6) is 0 Å². The van der Waals surface area contributed by atoms with Crippen LogP contribution < -0.4 is 5.32 Å². The van der Waals surface area contributed by atoms with Crippen LogP contribution in [-0.4, -0.2) is 11.5 Å². The molecule has 0 saturated heterocycles. The molecule has 1 aliphatic rings. The standard InChI is InChI=1S/C17H21ClN2S/c1-2-9-19-16(17-14(18)8-11-21-17)13-7-3-5-12-6-4-10-20-15(12)13/h4,6,8,10-11,13,16,19H,2-3,5,7,9H2,1H3. The van der Waals surface area contributed by atoms with Crippen LogP contribution in [0.2, 0.25) is 5.02 Å². The number of aryl methyl sites for hydroxylation is 1. The zero-order chi connectivity index (χ0) is 14.7. The number of pyridine rings is 1. The molecule has 3 rings (SSSR count). The van der Waals surface area contributed by atoms with Gasteiger partial charge in [-0.2, -0.15) is 0 Å². The lowest BCUT2D eigenvalue weighted by molar-refractivity contribution is 0.399. The molecule has 2 aromatic heterocycles. The van der Waals surface area contributed by atoms with Crippen molar-refractivity contribution in [3.8, 4) is 0 Å². The molecule has 0 fully saturated rings. The zero-order valence-electron chi connectivity index (χ0n) is 12.3. The highest BCUT2D eigenvalue weighted by Gasteiger charge is 2.31. The van der Waals surface area contributed by atoms with E-state index in [4.69, 9.17) is 16.6 Å². The van der Waals surface area contributed by atoms with Gasteiger partial charge >= 0.3 is 0 Å². The molecule has 2 heterocycles. The van der Waals surface area contributed by atoms with E-state index in [1.807, 2.05) is 18.3 Å². The van der Waals surface area contributed by atoms with Crippen LogP contribution in [0.25, 0.3) is 0 Å². The Morgan fingerprint density at radius 2 is 2.38 bits per heavy atom. The highest BCUT2D eigenvalue weighted by molar-refractivity contribution is 7.10. The fraction of sp³-hybridized carbons (Fsp3) is 0.471. The summed E-state index contributed by atoms with van der Waals surface area (Å²) in [5.41, 5.74) is 2.67. The van der Waals surface area contributed by atoms with E-state index in [9.17, 15) is 0 Å². The molecular formula is C17H21ClN2S. The first-order chi connectivity index (χ1) is 10.3. The first-order valence-corrected chi connectivity index (χ1v) is 8.97. The van der Waals surface area contributed by atoms with E-state index in [2.05, 4.69) is 23.7 Å². The first-order valence-electron chi connectivity index (χ1n) is 7.71. The van der Waals surface area contributed by atoms with Crippen molar-refractivity contribution in [2.24, 2.45) is 0 Å². The summed E-state index contributed by atoms with van der Waals surface area (Å²) in [6.07, 6.45) is 6.61. The molecule has 2 atom stereocenters. The summed E-state index contributed by atoms with van der Waals surface area (Å²) in [6, 6.07) is 6.56. The van der Waals surface area contributed by atoms with Crippen molar-refractivity contribution >= 4 is 22.9 Å². The van der Waals surface area contributed by atoms with Crippen LogP contribution in [0.1, 0.15) is 54.3 Å². The maximum absolute atomic E-state index is 6.41. The molecule has 21 heavy (non-hydrogen) atoms. The quantitative estimate of drug-likeness (QED) is 0.842. The lowest BCUT2D eigenvalue weighted by atomic mass is 9.81. The second-order valence-electron chi connectivity index (χ2n) is 5.61. The van der Waals surface area contributed by atoms with Crippen LogP contribution >= 0.6 is 22.9 Å². The van der Waals surface area contributed by atoms with Crippen molar-refractivity contribution in [1.82, 2.24) is 10.3 Å². The number of fused-ring (bicyclic) bond motifs is 1. The molecule has 2 aromatic rings. The Bertz CT molecular complexity index is 596. The molecule has 0 saturated carbocycles. The summed E-state index contributed by atoms with van der Waals surface area (Å²) in [6.45, 7) is 3.21. The van der Waals surface area contributed by atoms with Gasteiger partial charge in [0.15, 0.2) is 0 Å². The van der Waals surface area contributed by atoms with Gasteiger partial charge < -0.3 is 5.32 Å². The highest BCUT2D eigenvalue weighted by Crippen LogP contribution is 2.42. The highest BCUT2D eigenvalue weighted by atomic mass is 35.5. The molecule has 2 nitrogen and oxygen atoms in total. The third kappa shape index (κ3) is 3.15. The predicted molar refractivity (Wildman–Crippen MR) is 90.3 cm³/mol. The van der Waals surface area contributed by atoms with Crippen molar-refractivity contribution in [2.45, 2.75) is 44.6 Å². The number of hydrogen-bond acceptors (Lipinski definition) is 3. The number of thiophene rings is 1. The van der Waals surface area contributed by atoms with E-state index in [-0.39, 0.29) is 6.04 Å². The van der Waals surface area contributed by atoms with Crippen molar-refractivity contribution < 1.29 is 0 Å². The van der Waals surface area contributed by atoms with Gasteiger partial charge in [0, 0.05) is 22.7 Å². The molecule has 4 heteroatoms. The Hall–Kier alpha value is -0.900. The summed E-state index contributed by atoms with van der Waals surface area (Å²) in [5, 5.41) is 6.68. The minimum atomic E-state index is 0.284. The topological polar surface area (TPSA) is 24.9 Å². The third-order valence-electron chi connectivity index (χ3n) is 4.18. The van der Waals surface area contributed by atoms with Gasteiger partial charge in [-0.3, -0.25) is 4.98 Å². The molecule has 0 aliphatic heterocycles.